The van der Waals surface area contributed by atoms with Crippen LogP contribution in [0.3, 0.4) is 0 Å². The third-order valence-corrected chi connectivity index (χ3v) is 1.78. The molecule has 0 aliphatic rings. The van der Waals surface area contributed by atoms with Gasteiger partial charge in [0, 0.05) is 5.56 Å². The zero-order valence-electron chi connectivity index (χ0n) is 8.28. The minimum atomic E-state index is -3.11. The Kier molecular flexibility index (Phi) is 3.94. The normalized spacial score (nSPS) is 10.1. The number of hydrogen-bond donors (Lipinski definition) is 4. The molecule has 1 rings (SSSR count). The van der Waals surface area contributed by atoms with Gasteiger partial charge >= 0.3 is 12.6 Å². The van der Waals surface area contributed by atoms with Crippen molar-refractivity contribution in [1.29, 1.82) is 5.41 Å². The summed E-state index contributed by atoms with van der Waals surface area (Å²) in [6.07, 6.45) is 0. The van der Waals surface area contributed by atoms with Gasteiger partial charge in [0.15, 0.2) is 0 Å². The van der Waals surface area contributed by atoms with Gasteiger partial charge in [-0.25, -0.2) is 4.79 Å². The molecule has 0 aliphatic heterocycles. The lowest BCUT2D eigenvalue weighted by Crippen LogP contribution is -2.19. The summed E-state index contributed by atoms with van der Waals surface area (Å²) in [7, 11) is 0. The van der Waals surface area contributed by atoms with Crippen LogP contribution in [0, 0.1) is 5.41 Å². The van der Waals surface area contributed by atoms with Gasteiger partial charge in [-0.1, -0.05) is 0 Å². The van der Waals surface area contributed by atoms with Crippen molar-refractivity contribution in [3.8, 4) is 5.75 Å². The first-order valence-corrected chi connectivity index (χ1v) is 4.26. The number of aromatic carboxylic acids is 1. The van der Waals surface area contributed by atoms with Gasteiger partial charge in [0.2, 0.25) is 0 Å². The standard InChI is InChI=1S/C9H8F2N2O4/c10-9(11)17-6-2-4(7(12)13-16)1-5(3-6)8(14)15/h1-3,9,16H,(H2,12,13)(H,14,15). The molecule has 8 heteroatoms. The van der Waals surface area contributed by atoms with Crippen molar-refractivity contribution in [2.45, 2.75) is 6.61 Å². The number of alkyl halides is 2. The molecule has 0 bridgehead atoms. The van der Waals surface area contributed by atoms with Crippen molar-refractivity contribution in [2.75, 3.05) is 0 Å². The first-order valence-electron chi connectivity index (χ1n) is 4.26. The van der Waals surface area contributed by atoms with Gasteiger partial charge in [0.1, 0.15) is 11.6 Å². The summed E-state index contributed by atoms with van der Waals surface area (Å²) >= 11 is 0. The second kappa shape index (κ2) is 5.21. The minimum Gasteiger partial charge on any atom is -0.478 e. The highest BCUT2D eigenvalue weighted by Crippen LogP contribution is 2.19. The average molecular weight is 246 g/mol. The lowest BCUT2D eigenvalue weighted by Gasteiger charge is -2.09. The first-order chi connectivity index (χ1) is 7.93. The maximum atomic E-state index is 12.0. The third kappa shape index (κ3) is 3.38. The van der Waals surface area contributed by atoms with E-state index in [0.717, 1.165) is 18.2 Å². The van der Waals surface area contributed by atoms with Crippen molar-refractivity contribution >= 4 is 11.8 Å². The zero-order valence-corrected chi connectivity index (χ0v) is 8.28. The van der Waals surface area contributed by atoms with E-state index in [1.807, 2.05) is 0 Å². The van der Waals surface area contributed by atoms with Crippen molar-refractivity contribution in [1.82, 2.24) is 5.48 Å². The van der Waals surface area contributed by atoms with Crippen LogP contribution < -0.4 is 10.2 Å². The van der Waals surface area contributed by atoms with Crippen molar-refractivity contribution in [3.05, 3.63) is 29.3 Å². The molecule has 0 saturated carbocycles. The molecule has 0 radical (unpaired) electrons. The molecule has 0 heterocycles. The summed E-state index contributed by atoms with van der Waals surface area (Å²) < 4.78 is 28.0. The molecule has 92 valence electrons. The summed E-state index contributed by atoms with van der Waals surface area (Å²) in [5, 5.41) is 24.4. The Labute approximate surface area is 93.9 Å². The molecule has 0 amide bonds. The monoisotopic (exact) mass is 246 g/mol. The number of ether oxygens (including phenoxy) is 1. The molecule has 0 aromatic heterocycles. The summed E-state index contributed by atoms with van der Waals surface area (Å²) in [4.78, 5) is 10.7. The van der Waals surface area contributed by atoms with E-state index in [1.54, 1.807) is 0 Å². The van der Waals surface area contributed by atoms with E-state index in [-0.39, 0.29) is 11.1 Å². The summed E-state index contributed by atoms with van der Waals surface area (Å²) in [5.41, 5.74) is 1.05. The van der Waals surface area contributed by atoms with Crippen LogP contribution in [0.1, 0.15) is 15.9 Å². The SMILES string of the molecule is N=C(NO)c1cc(OC(F)F)cc(C(=O)O)c1. The molecule has 0 fully saturated rings. The number of carboxylic acid groups (broad SMARTS) is 1. The Morgan fingerprint density at radius 3 is 2.41 bits per heavy atom. The molecule has 4 N–H and O–H groups in total. The van der Waals surface area contributed by atoms with Gasteiger partial charge in [-0.3, -0.25) is 16.1 Å². The van der Waals surface area contributed by atoms with E-state index < -0.39 is 24.2 Å². The Hall–Kier alpha value is -2.22. The largest absolute Gasteiger partial charge is 0.478 e. The third-order valence-electron chi connectivity index (χ3n) is 1.78. The van der Waals surface area contributed by atoms with E-state index in [4.69, 9.17) is 15.7 Å². The van der Waals surface area contributed by atoms with E-state index in [0.29, 0.717) is 0 Å². The Bertz CT molecular complexity index is 451. The highest BCUT2D eigenvalue weighted by molar-refractivity contribution is 5.99. The molecule has 0 spiro atoms. The number of carboxylic acids is 1. The molecule has 0 saturated heterocycles. The summed E-state index contributed by atoms with van der Waals surface area (Å²) in [5.74, 6) is -2.31. The fourth-order valence-electron chi connectivity index (χ4n) is 1.10. The van der Waals surface area contributed by atoms with Gasteiger partial charge < -0.3 is 9.84 Å². The van der Waals surface area contributed by atoms with Gasteiger partial charge in [-0.05, 0) is 18.2 Å². The van der Waals surface area contributed by atoms with Crippen molar-refractivity contribution in [2.24, 2.45) is 0 Å². The van der Waals surface area contributed by atoms with Crippen LogP contribution in [0.5, 0.6) is 5.75 Å². The first kappa shape index (κ1) is 12.8. The average Bonchev–Trinajstić information content (AvgIpc) is 2.26. The van der Waals surface area contributed by atoms with E-state index >= 15 is 0 Å². The maximum absolute atomic E-state index is 12.0. The number of benzene rings is 1. The molecular formula is C9H8F2N2O4. The fraction of sp³-hybridized carbons (Fsp3) is 0.111. The van der Waals surface area contributed by atoms with Gasteiger partial charge in [0.05, 0.1) is 5.56 Å². The molecule has 1 aromatic rings. The zero-order chi connectivity index (χ0) is 13.0. The Balaban J connectivity index is 3.18. The lowest BCUT2D eigenvalue weighted by atomic mass is 10.1. The molecule has 17 heavy (non-hydrogen) atoms. The van der Waals surface area contributed by atoms with Gasteiger partial charge in [-0.2, -0.15) is 8.78 Å². The predicted octanol–water partition coefficient (Wildman–Crippen LogP) is 1.29. The molecule has 0 aliphatic carbocycles. The second-order valence-electron chi connectivity index (χ2n) is 2.92. The van der Waals surface area contributed by atoms with Crippen LogP contribution in [0.15, 0.2) is 18.2 Å². The van der Waals surface area contributed by atoms with Crippen molar-refractivity contribution in [3.63, 3.8) is 0 Å². The Morgan fingerprint density at radius 1 is 1.35 bits per heavy atom. The number of rotatable bonds is 4. The summed E-state index contributed by atoms with van der Waals surface area (Å²) in [6.45, 7) is -3.11. The minimum absolute atomic E-state index is 0.0944. The predicted molar refractivity (Wildman–Crippen MR) is 51.8 cm³/mol. The fourth-order valence-corrected chi connectivity index (χ4v) is 1.10. The van der Waals surface area contributed by atoms with Crippen LogP contribution in [-0.4, -0.2) is 28.7 Å². The van der Waals surface area contributed by atoms with Crippen LogP contribution in [0.2, 0.25) is 0 Å². The molecular weight excluding hydrogens is 238 g/mol. The van der Waals surface area contributed by atoms with Crippen molar-refractivity contribution < 1.29 is 28.6 Å². The molecule has 0 atom stereocenters. The van der Waals surface area contributed by atoms with Gasteiger partial charge in [-0.15, -0.1) is 0 Å². The van der Waals surface area contributed by atoms with Crippen LogP contribution in [0.25, 0.3) is 0 Å². The molecule has 1 aromatic carbocycles. The number of amidine groups is 1. The van der Waals surface area contributed by atoms with E-state index in [1.165, 1.54) is 5.48 Å². The second-order valence-corrected chi connectivity index (χ2v) is 2.92. The summed E-state index contributed by atoms with van der Waals surface area (Å²) in [6, 6.07) is 2.93. The molecule has 6 nitrogen and oxygen atoms in total. The number of nitrogens with one attached hydrogen (secondary N) is 2. The lowest BCUT2D eigenvalue weighted by molar-refractivity contribution is -0.0499. The smallest absolute Gasteiger partial charge is 0.387 e. The van der Waals surface area contributed by atoms with Crippen LogP contribution in [-0.2, 0) is 0 Å². The highest BCUT2D eigenvalue weighted by atomic mass is 19.3. The number of halogens is 2. The number of carbonyl (C=O) groups is 1. The van der Waals surface area contributed by atoms with Gasteiger partial charge in [0.25, 0.3) is 0 Å². The van der Waals surface area contributed by atoms with Crippen LogP contribution >= 0.6 is 0 Å². The Morgan fingerprint density at radius 2 is 1.94 bits per heavy atom. The van der Waals surface area contributed by atoms with Crippen LogP contribution in [0.4, 0.5) is 8.78 Å². The van der Waals surface area contributed by atoms with E-state index in [2.05, 4.69) is 4.74 Å². The maximum Gasteiger partial charge on any atom is 0.387 e. The topological polar surface area (TPSA) is 103 Å². The van der Waals surface area contributed by atoms with E-state index in [9.17, 15) is 13.6 Å². The number of hydrogen-bond acceptors (Lipinski definition) is 4. The number of hydroxylamine groups is 1. The molecule has 0 unspecified atom stereocenters. The highest BCUT2D eigenvalue weighted by Gasteiger charge is 2.13. The quantitative estimate of drug-likeness (QED) is 0.364.